The summed E-state index contributed by atoms with van der Waals surface area (Å²) < 4.78 is 5.07. The maximum absolute atomic E-state index is 11.4. The topological polar surface area (TPSA) is 55.4 Å². The van der Waals surface area contributed by atoms with Gasteiger partial charge in [-0.1, -0.05) is 13.8 Å². The maximum Gasteiger partial charge on any atom is 0.408 e. The van der Waals surface area contributed by atoms with Gasteiger partial charge in [-0.2, -0.15) is 0 Å². The summed E-state index contributed by atoms with van der Waals surface area (Å²) in [6.07, 6.45) is -0.545. The maximum atomic E-state index is 11.4. The zero-order chi connectivity index (χ0) is 12.2. The van der Waals surface area contributed by atoms with Crippen molar-refractivity contribution in [3.05, 3.63) is 0 Å². The van der Waals surface area contributed by atoms with Crippen LogP contribution in [0.2, 0.25) is 0 Å². The molecule has 0 aromatic heterocycles. The van der Waals surface area contributed by atoms with Crippen LogP contribution in [0.3, 0.4) is 0 Å². The molecule has 0 aliphatic carbocycles. The van der Waals surface area contributed by atoms with Crippen molar-refractivity contribution >= 4 is 11.9 Å². The Bertz CT molecular complexity index is 241. The van der Waals surface area contributed by atoms with Crippen LogP contribution in [0.5, 0.6) is 0 Å². The van der Waals surface area contributed by atoms with Crippen molar-refractivity contribution in [1.82, 2.24) is 5.32 Å². The second kappa shape index (κ2) is 5.14. The molecule has 1 N–H and O–H groups in total. The van der Waals surface area contributed by atoms with E-state index >= 15 is 0 Å². The molecule has 0 aromatic rings. The molecule has 88 valence electrons. The van der Waals surface area contributed by atoms with E-state index in [1.165, 1.54) is 6.92 Å². The third-order valence-electron chi connectivity index (χ3n) is 1.78. The number of hydrogen-bond acceptors (Lipinski definition) is 3. The van der Waals surface area contributed by atoms with Gasteiger partial charge in [0, 0.05) is 0 Å². The van der Waals surface area contributed by atoms with Gasteiger partial charge in [0.1, 0.15) is 5.60 Å². The quantitative estimate of drug-likeness (QED) is 0.784. The molecule has 4 heteroatoms. The fraction of sp³-hybridized carbons (Fsp3) is 0.818. The molecule has 0 aliphatic rings. The van der Waals surface area contributed by atoms with Crippen LogP contribution in [-0.4, -0.2) is 23.5 Å². The van der Waals surface area contributed by atoms with Gasteiger partial charge in [0.25, 0.3) is 0 Å². The highest BCUT2D eigenvalue weighted by Gasteiger charge is 2.23. The van der Waals surface area contributed by atoms with Gasteiger partial charge in [-0.3, -0.25) is 4.79 Å². The number of carbonyl (C=O) groups excluding carboxylic acids is 2. The lowest BCUT2D eigenvalue weighted by Crippen LogP contribution is -2.45. The van der Waals surface area contributed by atoms with Gasteiger partial charge in [-0.25, -0.2) is 4.79 Å². The van der Waals surface area contributed by atoms with E-state index in [1.54, 1.807) is 20.8 Å². The monoisotopic (exact) mass is 215 g/mol. The molecule has 0 heterocycles. The number of ether oxygens (including phenoxy) is 1. The molecule has 1 amide bonds. The first-order chi connectivity index (χ1) is 6.63. The number of rotatable bonds is 3. The van der Waals surface area contributed by atoms with Gasteiger partial charge in [0.05, 0.1) is 6.04 Å². The Hall–Kier alpha value is -1.06. The Kier molecular flexibility index (Phi) is 4.78. The number of hydrogen-bond donors (Lipinski definition) is 1. The van der Waals surface area contributed by atoms with Crippen molar-refractivity contribution in [2.75, 3.05) is 0 Å². The molecule has 0 aromatic carbocycles. The standard InChI is InChI=1S/C11H21NO3/c1-7(2)9(8(3)13)12-10(14)15-11(4,5)6/h7,9H,1-6H3,(H,12,14)/t9-/m1/s1. The molecule has 0 unspecified atom stereocenters. The molecule has 0 rings (SSSR count). The smallest absolute Gasteiger partial charge is 0.408 e. The van der Waals surface area contributed by atoms with E-state index in [0.717, 1.165) is 0 Å². The van der Waals surface area contributed by atoms with Gasteiger partial charge in [-0.15, -0.1) is 0 Å². The molecule has 0 aliphatic heterocycles. The average Bonchev–Trinajstić information content (AvgIpc) is 1.95. The van der Waals surface area contributed by atoms with Crippen molar-refractivity contribution in [2.45, 2.75) is 53.2 Å². The van der Waals surface area contributed by atoms with Crippen LogP contribution in [0.25, 0.3) is 0 Å². The Morgan fingerprint density at radius 3 is 1.93 bits per heavy atom. The van der Waals surface area contributed by atoms with E-state index < -0.39 is 17.7 Å². The van der Waals surface area contributed by atoms with E-state index in [1.807, 2.05) is 13.8 Å². The lowest BCUT2D eigenvalue weighted by molar-refractivity contribution is -0.120. The second-order valence-corrected chi connectivity index (χ2v) is 4.98. The summed E-state index contributed by atoms with van der Waals surface area (Å²) in [7, 11) is 0. The Morgan fingerprint density at radius 1 is 1.20 bits per heavy atom. The van der Waals surface area contributed by atoms with Gasteiger partial charge in [0.15, 0.2) is 5.78 Å². The van der Waals surface area contributed by atoms with Crippen molar-refractivity contribution < 1.29 is 14.3 Å². The predicted octanol–water partition coefficient (Wildman–Crippen LogP) is 2.12. The zero-order valence-electron chi connectivity index (χ0n) is 10.4. The highest BCUT2D eigenvalue weighted by Crippen LogP contribution is 2.08. The summed E-state index contributed by atoms with van der Waals surface area (Å²) in [5.41, 5.74) is -0.539. The Labute approximate surface area is 91.4 Å². The second-order valence-electron chi connectivity index (χ2n) is 4.98. The Morgan fingerprint density at radius 2 is 1.67 bits per heavy atom. The van der Waals surface area contributed by atoms with E-state index in [2.05, 4.69) is 5.32 Å². The fourth-order valence-electron chi connectivity index (χ4n) is 1.17. The summed E-state index contributed by atoms with van der Waals surface area (Å²) >= 11 is 0. The minimum Gasteiger partial charge on any atom is -0.444 e. The average molecular weight is 215 g/mol. The highest BCUT2D eigenvalue weighted by molar-refractivity contribution is 5.85. The predicted molar refractivity (Wildman–Crippen MR) is 58.7 cm³/mol. The molecule has 0 radical (unpaired) electrons. The summed E-state index contributed by atoms with van der Waals surface area (Å²) in [6, 6.07) is -0.472. The fourth-order valence-corrected chi connectivity index (χ4v) is 1.17. The van der Waals surface area contributed by atoms with Crippen LogP contribution in [-0.2, 0) is 9.53 Å². The minimum absolute atomic E-state index is 0.0594. The molecule has 15 heavy (non-hydrogen) atoms. The van der Waals surface area contributed by atoms with Crippen LogP contribution < -0.4 is 5.32 Å². The number of nitrogens with one attached hydrogen (secondary N) is 1. The number of carbonyl (C=O) groups is 2. The van der Waals surface area contributed by atoms with Crippen LogP contribution in [0.15, 0.2) is 0 Å². The summed E-state index contributed by atoms with van der Waals surface area (Å²) in [4.78, 5) is 22.6. The van der Waals surface area contributed by atoms with Gasteiger partial charge < -0.3 is 10.1 Å². The first-order valence-corrected chi connectivity index (χ1v) is 5.13. The number of Topliss-reactive ketones (excluding diaryl/α,β-unsaturated/α-hetero) is 1. The van der Waals surface area contributed by atoms with Crippen molar-refractivity contribution in [3.63, 3.8) is 0 Å². The summed E-state index contributed by atoms with van der Waals surface area (Å²) in [5, 5.41) is 2.56. The van der Waals surface area contributed by atoms with Crippen LogP contribution >= 0.6 is 0 Å². The molecule has 0 saturated carbocycles. The van der Waals surface area contributed by atoms with Crippen LogP contribution in [0.4, 0.5) is 4.79 Å². The first kappa shape index (κ1) is 13.9. The molecular formula is C11H21NO3. The number of ketones is 1. The lowest BCUT2D eigenvalue weighted by Gasteiger charge is -2.24. The minimum atomic E-state index is -0.545. The number of amides is 1. The van der Waals surface area contributed by atoms with Crippen molar-refractivity contribution in [2.24, 2.45) is 5.92 Å². The van der Waals surface area contributed by atoms with Gasteiger partial charge >= 0.3 is 6.09 Å². The molecule has 4 nitrogen and oxygen atoms in total. The van der Waals surface area contributed by atoms with E-state index in [0.29, 0.717) is 0 Å². The third-order valence-corrected chi connectivity index (χ3v) is 1.78. The largest absolute Gasteiger partial charge is 0.444 e. The molecule has 0 saturated heterocycles. The van der Waals surface area contributed by atoms with E-state index in [9.17, 15) is 9.59 Å². The normalized spacial score (nSPS) is 13.5. The summed E-state index contributed by atoms with van der Waals surface area (Å²) in [5.74, 6) is 0.00544. The molecular weight excluding hydrogens is 194 g/mol. The summed E-state index contributed by atoms with van der Waals surface area (Å²) in [6.45, 7) is 10.6. The van der Waals surface area contributed by atoms with E-state index in [4.69, 9.17) is 4.74 Å². The van der Waals surface area contributed by atoms with Crippen LogP contribution in [0.1, 0.15) is 41.5 Å². The third kappa shape index (κ3) is 6.10. The highest BCUT2D eigenvalue weighted by atomic mass is 16.6. The molecule has 0 fully saturated rings. The molecule has 1 atom stereocenters. The first-order valence-electron chi connectivity index (χ1n) is 5.13. The van der Waals surface area contributed by atoms with Crippen molar-refractivity contribution in [3.8, 4) is 0 Å². The van der Waals surface area contributed by atoms with Gasteiger partial charge in [-0.05, 0) is 33.6 Å². The molecule has 0 bridgehead atoms. The van der Waals surface area contributed by atoms with Crippen LogP contribution in [0, 0.1) is 5.92 Å². The van der Waals surface area contributed by atoms with E-state index in [-0.39, 0.29) is 11.7 Å². The Balaban J connectivity index is 4.31. The zero-order valence-corrected chi connectivity index (χ0v) is 10.4. The molecule has 0 spiro atoms. The van der Waals surface area contributed by atoms with Crippen molar-refractivity contribution in [1.29, 1.82) is 0 Å². The number of alkyl carbamates (subject to hydrolysis) is 1. The van der Waals surface area contributed by atoms with Gasteiger partial charge in [0.2, 0.25) is 0 Å². The lowest BCUT2D eigenvalue weighted by atomic mass is 10.0. The SMILES string of the molecule is CC(=O)[C@H](NC(=O)OC(C)(C)C)C(C)C.